The highest BCUT2D eigenvalue weighted by Gasteiger charge is 2.08. The Balaban J connectivity index is 2.21. The Morgan fingerprint density at radius 2 is 1.84 bits per heavy atom. The van der Waals surface area contributed by atoms with E-state index in [1.165, 1.54) is 5.56 Å². The van der Waals surface area contributed by atoms with Crippen LogP contribution in [0.5, 0.6) is 5.75 Å². The minimum absolute atomic E-state index is 0.174. The van der Waals surface area contributed by atoms with Crippen LogP contribution >= 0.6 is 0 Å². The van der Waals surface area contributed by atoms with Crippen molar-refractivity contribution in [2.24, 2.45) is 4.99 Å². The van der Waals surface area contributed by atoms with Crippen LogP contribution in [0.3, 0.4) is 0 Å². The summed E-state index contributed by atoms with van der Waals surface area (Å²) in [5.74, 6) is 0.174. The summed E-state index contributed by atoms with van der Waals surface area (Å²) in [5, 5.41) is 0. The van der Waals surface area contributed by atoms with E-state index in [-0.39, 0.29) is 5.75 Å². The summed E-state index contributed by atoms with van der Waals surface area (Å²) in [4.78, 5) is 6.60. The number of aryl methyl sites for hydroxylation is 1. The van der Waals surface area contributed by atoms with Crippen molar-refractivity contribution in [1.82, 2.24) is 4.90 Å². The molecule has 0 spiro atoms. The van der Waals surface area contributed by atoms with Crippen LogP contribution in [-0.2, 0) is 6.42 Å². The fourth-order valence-corrected chi connectivity index (χ4v) is 2.48. The number of nitrogens with zero attached hydrogens (tertiary/aromatic N) is 2. The summed E-state index contributed by atoms with van der Waals surface area (Å²) >= 11 is 0. The molecule has 25 heavy (non-hydrogen) atoms. The Labute approximate surface area is 148 Å². The lowest BCUT2D eigenvalue weighted by Gasteiger charge is -2.13. The van der Waals surface area contributed by atoms with Crippen LogP contribution < -0.4 is 4.74 Å². The normalized spacial score (nSPS) is 11.3. The quantitative estimate of drug-likeness (QED) is 0.514. The number of halogens is 2. The molecule has 0 saturated carbocycles. The first-order chi connectivity index (χ1) is 11.9. The van der Waals surface area contributed by atoms with E-state index in [4.69, 9.17) is 0 Å². The van der Waals surface area contributed by atoms with Gasteiger partial charge in [0.1, 0.15) is 5.75 Å². The molecule has 134 valence electrons. The Kier molecular flexibility index (Phi) is 6.51. The highest BCUT2D eigenvalue weighted by molar-refractivity contribution is 5.64. The van der Waals surface area contributed by atoms with Crippen LogP contribution in [0.2, 0.25) is 0 Å². The van der Waals surface area contributed by atoms with Crippen molar-refractivity contribution in [3.05, 3.63) is 58.7 Å². The molecule has 0 fully saturated rings. The lowest BCUT2D eigenvalue weighted by molar-refractivity contribution is -0.0498. The van der Waals surface area contributed by atoms with Crippen LogP contribution in [0.1, 0.15) is 29.2 Å². The summed E-state index contributed by atoms with van der Waals surface area (Å²) in [6, 6.07) is 11.0. The molecule has 0 radical (unpaired) electrons. The number of ether oxygens (including phenoxy) is 1. The Bertz CT molecular complexity index is 727. The molecule has 0 bridgehead atoms. The molecule has 0 N–H and O–H groups in total. The van der Waals surface area contributed by atoms with Crippen molar-refractivity contribution in [3.8, 4) is 5.75 Å². The molecule has 2 rings (SSSR count). The smallest absolute Gasteiger partial charge is 0.387 e. The Hall–Kier alpha value is -2.43. The molecule has 0 atom stereocenters. The van der Waals surface area contributed by atoms with Gasteiger partial charge in [-0.05, 0) is 67.6 Å². The molecule has 0 aromatic heterocycles. The Morgan fingerprint density at radius 3 is 2.44 bits per heavy atom. The fraction of sp³-hybridized carbons (Fsp3) is 0.350. The molecule has 2 aromatic carbocycles. The summed E-state index contributed by atoms with van der Waals surface area (Å²) in [6.07, 6.45) is 2.55. The van der Waals surface area contributed by atoms with E-state index < -0.39 is 6.61 Å². The predicted octanol–water partition coefficient (Wildman–Crippen LogP) is 5.11. The minimum atomic E-state index is -2.80. The van der Waals surface area contributed by atoms with Crippen LogP contribution in [-0.4, -0.2) is 31.4 Å². The van der Waals surface area contributed by atoms with Gasteiger partial charge in [-0.25, -0.2) is 4.99 Å². The van der Waals surface area contributed by atoms with Gasteiger partial charge in [-0.1, -0.05) is 18.2 Å². The SMILES string of the molecule is CCN(C)C=Nc1cc(C)cc(Cc2ccc(OC(F)F)cc2)c1C. The first-order valence-electron chi connectivity index (χ1n) is 8.27. The van der Waals surface area contributed by atoms with Crippen molar-refractivity contribution < 1.29 is 13.5 Å². The van der Waals surface area contributed by atoms with E-state index in [9.17, 15) is 8.78 Å². The van der Waals surface area contributed by atoms with E-state index in [1.807, 2.05) is 37.3 Å². The van der Waals surface area contributed by atoms with E-state index in [2.05, 4.69) is 35.7 Å². The first kappa shape index (κ1) is 18.9. The molecule has 0 heterocycles. The zero-order valence-corrected chi connectivity index (χ0v) is 15.1. The van der Waals surface area contributed by atoms with Gasteiger partial charge >= 0.3 is 6.61 Å². The second kappa shape index (κ2) is 8.60. The average Bonchev–Trinajstić information content (AvgIpc) is 2.57. The van der Waals surface area contributed by atoms with Crippen molar-refractivity contribution in [3.63, 3.8) is 0 Å². The second-order valence-electron chi connectivity index (χ2n) is 6.09. The predicted molar refractivity (Wildman–Crippen MR) is 98.3 cm³/mol. The lowest BCUT2D eigenvalue weighted by atomic mass is 9.97. The van der Waals surface area contributed by atoms with Crippen LogP contribution in [0, 0.1) is 13.8 Å². The molecule has 0 saturated heterocycles. The van der Waals surface area contributed by atoms with Gasteiger partial charge in [-0.15, -0.1) is 0 Å². The van der Waals surface area contributed by atoms with Gasteiger partial charge in [0.15, 0.2) is 0 Å². The average molecular weight is 346 g/mol. The van der Waals surface area contributed by atoms with Gasteiger partial charge in [0, 0.05) is 13.6 Å². The fourth-order valence-electron chi connectivity index (χ4n) is 2.48. The molecule has 0 aliphatic heterocycles. The largest absolute Gasteiger partial charge is 0.435 e. The first-order valence-corrected chi connectivity index (χ1v) is 8.27. The maximum Gasteiger partial charge on any atom is 0.387 e. The summed E-state index contributed by atoms with van der Waals surface area (Å²) in [6.45, 7) is 4.27. The summed E-state index contributed by atoms with van der Waals surface area (Å²) in [7, 11) is 1.98. The van der Waals surface area contributed by atoms with Crippen LogP contribution in [0.15, 0.2) is 41.4 Å². The maximum absolute atomic E-state index is 12.2. The summed E-state index contributed by atoms with van der Waals surface area (Å²) in [5.41, 5.74) is 5.43. The Morgan fingerprint density at radius 1 is 1.16 bits per heavy atom. The monoisotopic (exact) mass is 346 g/mol. The zero-order chi connectivity index (χ0) is 18.4. The minimum Gasteiger partial charge on any atom is -0.435 e. The van der Waals surface area contributed by atoms with Gasteiger partial charge in [-0.2, -0.15) is 8.78 Å². The van der Waals surface area contributed by atoms with E-state index >= 15 is 0 Å². The van der Waals surface area contributed by atoms with Gasteiger partial charge in [0.05, 0.1) is 12.0 Å². The zero-order valence-electron chi connectivity index (χ0n) is 15.1. The summed E-state index contributed by atoms with van der Waals surface area (Å²) < 4.78 is 28.8. The molecule has 0 unspecified atom stereocenters. The number of aliphatic imine (C=N–C) groups is 1. The van der Waals surface area contributed by atoms with E-state index in [1.54, 1.807) is 12.1 Å². The highest BCUT2D eigenvalue weighted by Crippen LogP contribution is 2.27. The van der Waals surface area contributed by atoms with Crippen molar-refractivity contribution in [2.45, 2.75) is 33.8 Å². The maximum atomic E-state index is 12.2. The van der Waals surface area contributed by atoms with Crippen LogP contribution in [0.4, 0.5) is 14.5 Å². The molecular weight excluding hydrogens is 322 g/mol. The van der Waals surface area contributed by atoms with Crippen molar-refractivity contribution in [1.29, 1.82) is 0 Å². The van der Waals surface area contributed by atoms with Gasteiger partial charge in [-0.3, -0.25) is 0 Å². The molecular formula is C20H24F2N2O. The van der Waals surface area contributed by atoms with Crippen molar-refractivity contribution >= 4 is 12.0 Å². The molecule has 5 heteroatoms. The number of hydrogen-bond acceptors (Lipinski definition) is 2. The van der Waals surface area contributed by atoms with Gasteiger partial charge < -0.3 is 9.64 Å². The molecule has 0 aliphatic rings. The number of benzene rings is 2. The van der Waals surface area contributed by atoms with Crippen LogP contribution in [0.25, 0.3) is 0 Å². The topological polar surface area (TPSA) is 24.8 Å². The second-order valence-corrected chi connectivity index (χ2v) is 6.09. The highest BCUT2D eigenvalue weighted by atomic mass is 19.3. The number of rotatable bonds is 7. The van der Waals surface area contributed by atoms with Crippen molar-refractivity contribution in [2.75, 3.05) is 13.6 Å². The third-order valence-corrected chi connectivity index (χ3v) is 4.07. The third kappa shape index (κ3) is 5.55. The van der Waals surface area contributed by atoms with Gasteiger partial charge in [0.25, 0.3) is 0 Å². The molecule has 3 nitrogen and oxygen atoms in total. The number of hydrogen-bond donors (Lipinski definition) is 0. The number of alkyl halides is 2. The third-order valence-electron chi connectivity index (χ3n) is 4.07. The van der Waals surface area contributed by atoms with Gasteiger partial charge in [0.2, 0.25) is 0 Å². The molecule has 2 aromatic rings. The van der Waals surface area contributed by atoms with E-state index in [0.29, 0.717) is 6.42 Å². The lowest BCUT2D eigenvalue weighted by Crippen LogP contribution is -2.14. The molecule has 0 aliphatic carbocycles. The van der Waals surface area contributed by atoms with E-state index in [0.717, 1.165) is 28.9 Å². The molecule has 0 amide bonds. The standard InChI is InChI=1S/C20H24F2N2O/c1-5-24(4)13-23-19-11-14(2)10-17(15(19)3)12-16-6-8-18(9-7-16)25-20(21)22/h6-11,13,20H,5,12H2,1-4H3.